The Balaban J connectivity index is 2.14. The van der Waals surface area contributed by atoms with Gasteiger partial charge in [-0.25, -0.2) is 0 Å². The van der Waals surface area contributed by atoms with E-state index in [-0.39, 0.29) is 0 Å². The Labute approximate surface area is 87.5 Å². The number of pyridine rings is 1. The van der Waals surface area contributed by atoms with E-state index < -0.39 is 0 Å². The third-order valence-electron chi connectivity index (χ3n) is 1.98. The van der Waals surface area contributed by atoms with Crippen LogP contribution in [0.25, 0.3) is 11.5 Å². The molecule has 5 heteroatoms. The normalized spacial score (nSPS) is 10.5. The highest BCUT2D eigenvalue weighted by Gasteiger charge is 2.07. The van der Waals surface area contributed by atoms with Crippen LogP contribution in [0.15, 0.2) is 29.0 Å². The monoisotopic (exact) mass is 204 g/mol. The number of rotatable bonds is 4. The lowest BCUT2D eigenvalue weighted by atomic mass is 10.3. The Bertz CT molecular complexity index is 412. The number of hydrogen-bond donors (Lipinski definition) is 1. The fraction of sp³-hybridized carbons (Fsp3) is 0.300. The average Bonchev–Trinajstić information content (AvgIpc) is 2.76. The van der Waals surface area contributed by atoms with Crippen molar-refractivity contribution in [3.8, 4) is 11.5 Å². The van der Waals surface area contributed by atoms with Crippen molar-refractivity contribution in [2.75, 3.05) is 13.6 Å². The summed E-state index contributed by atoms with van der Waals surface area (Å²) in [4.78, 5) is 8.25. The van der Waals surface area contributed by atoms with Crippen molar-refractivity contribution in [2.24, 2.45) is 0 Å². The fourth-order valence-electron chi connectivity index (χ4n) is 1.20. The quantitative estimate of drug-likeness (QED) is 0.801. The van der Waals surface area contributed by atoms with E-state index in [4.69, 9.17) is 4.52 Å². The Morgan fingerprint density at radius 1 is 1.47 bits per heavy atom. The van der Waals surface area contributed by atoms with Crippen molar-refractivity contribution < 1.29 is 4.52 Å². The van der Waals surface area contributed by atoms with Crippen LogP contribution in [0.5, 0.6) is 0 Å². The SMILES string of the molecule is CNCCc1noc(-c2cccnc2)n1. The van der Waals surface area contributed by atoms with E-state index in [0.29, 0.717) is 11.7 Å². The van der Waals surface area contributed by atoms with E-state index in [0.717, 1.165) is 18.5 Å². The molecule has 0 spiro atoms. The van der Waals surface area contributed by atoms with Crippen LogP contribution in [0.3, 0.4) is 0 Å². The summed E-state index contributed by atoms with van der Waals surface area (Å²) < 4.78 is 5.12. The molecule has 0 fully saturated rings. The summed E-state index contributed by atoms with van der Waals surface area (Å²) in [6.45, 7) is 0.839. The number of likely N-dealkylation sites (N-methyl/N-ethyl adjacent to an activating group) is 1. The van der Waals surface area contributed by atoms with Crippen molar-refractivity contribution in [1.29, 1.82) is 0 Å². The molecule has 2 aromatic rings. The molecule has 2 aromatic heterocycles. The van der Waals surface area contributed by atoms with Gasteiger partial charge in [0.1, 0.15) is 0 Å². The molecule has 0 atom stereocenters. The van der Waals surface area contributed by atoms with E-state index in [9.17, 15) is 0 Å². The van der Waals surface area contributed by atoms with Gasteiger partial charge in [0.05, 0.1) is 5.56 Å². The van der Waals surface area contributed by atoms with Crippen LogP contribution in [0, 0.1) is 0 Å². The van der Waals surface area contributed by atoms with Crippen molar-refractivity contribution in [2.45, 2.75) is 6.42 Å². The summed E-state index contributed by atoms with van der Waals surface area (Å²) >= 11 is 0. The van der Waals surface area contributed by atoms with Crippen LogP contribution in [0.1, 0.15) is 5.82 Å². The first-order valence-electron chi connectivity index (χ1n) is 4.78. The first-order valence-corrected chi connectivity index (χ1v) is 4.78. The van der Waals surface area contributed by atoms with Crippen LogP contribution in [-0.2, 0) is 6.42 Å². The Morgan fingerprint density at radius 3 is 3.13 bits per heavy atom. The van der Waals surface area contributed by atoms with Crippen molar-refractivity contribution in [3.05, 3.63) is 30.4 Å². The maximum absolute atomic E-state index is 5.12. The highest BCUT2D eigenvalue weighted by atomic mass is 16.5. The molecule has 0 aromatic carbocycles. The predicted octanol–water partition coefficient (Wildman–Crippen LogP) is 0.893. The summed E-state index contributed by atoms with van der Waals surface area (Å²) in [5.74, 6) is 1.23. The first kappa shape index (κ1) is 9.79. The summed E-state index contributed by atoms with van der Waals surface area (Å²) in [5, 5.41) is 6.91. The largest absolute Gasteiger partial charge is 0.334 e. The second-order valence-corrected chi connectivity index (χ2v) is 3.11. The Hall–Kier alpha value is -1.75. The number of nitrogens with zero attached hydrogens (tertiary/aromatic N) is 3. The Kier molecular flexibility index (Phi) is 3.04. The van der Waals surface area contributed by atoms with Crippen molar-refractivity contribution >= 4 is 0 Å². The zero-order chi connectivity index (χ0) is 10.5. The molecular weight excluding hydrogens is 192 g/mol. The van der Waals surface area contributed by atoms with Gasteiger partial charge in [0.25, 0.3) is 5.89 Å². The molecule has 0 saturated heterocycles. The predicted molar refractivity (Wildman–Crippen MR) is 55.2 cm³/mol. The standard InChI is InChI=1S/C10H12N4O/c1-11-6-4-9-13-10(15-14-9)8-3-2-5-12-7-8/h2-3,5,7,11H,4,6H2,1H3. The maximum atomic E-state index is 5.12. The van der Waals surface area contributed by atoms with Gasteiger partial charge in [-0.1, -0.05) is 5.16 Å². The highest BCUT2D eigenvalue weighted by molar-refractivity contribution is 5.50. The average molecular weight is 204 g/mol. The van der Waals surface area contributed by atoms with Crippen LogP contribution >= 0.6 is 0 Å². The second-order valence-electron chi connectivity index (χ2n) is 3.11. The minimum Gasteiger partial charge on any atom is -0.334 e. The minimum atomic E-state index is 0.522. The molecule has 0 unspecified atom stereocenters. The van der Waals surface area contributed by atoms with Gasteiger partial charge < -0.3 is 9.84 Å². The van der Waals surface area contributed by atoms with E-state index in [1.54, 1.807) is 12.4 Å². The first-order chi connectivity index (χ1) is 7.40. The third kappa shape index (κ3) is 2.38. The molecule has 0 saturated carbocycles. The van der Waals surface area contributed by atoms with E-state index in [2.05, 4.69) is 20.4 Å². The van der Waals surface area contributed by atoms with Gasteiger partial charge in [-0.2, -0.15) is 4.98 Å². The summed E-state index contributed by atoms with van der Waals surface area (Å²) in [6.07, 6.45) is 4.18. The zero-order valence-electron chi connectivity index (χ0n) is 8.47. The van der Waals surface area contributed by atoms with E-state index in [1.807, 2.05) is 19.2 Å². The molecule has 0 aliphatic heterocycles. The fourth-order valence-corrected chi connectivity index (χ4v) is 1.20. The van der Waals surface area contributed by atoms with E-state index >= 15 is 0 Å². The van der Waals surface area contributed by atoms with Gasteiger partial charge in [0.2, 0.25) is 0 Å². The van der Waals surface area contributed by atoms with Crippen molar-refractivity contribution in [3.63, 3.8) is 0 Å². The summed E-state index contributed by atoms with van der Waals surface area (Å²) in [6, 6.07) is 3.73. The van der Waals surface area contributed by atoms with Gasteiger partial charge in [-0.3, -0.25) is 4.98 Å². The van der Waals surface area contributed by atoms with Gasteiger partial charge >= 0.3 is 0 Å². The topological polar surface area (TPSA) is 63.8 Å². The summed E-state index contributed by atoms with van der Waals surface area (Å²) in [7, 11) is 1.89. The smallest absolute Gasteiger partial charge is 0.259 e. The molecule has 2 rings (SSSR count). The lowest BCUT2D eigenvalue weighted by Gasteiger charge is -1.91. The van der Waals surface area contributed by atoms with Crippen LogP contribution in [0.4, 0.5) is 0 Å². The van der Waals surface area contributed by atoms with E-state index in [1.165, 1.54) is 0 Å². The molecule has 0 radical (unpaired) electrons. The summed E-state index contributed by atoms with van der Waals surface area (Å²) in [5.41, 5.74) is 0.848. The molecule has 0 amide bonds. The maximum Gasteiger partial charge on any atom is 0.259 e. The van der Waals surface area contributed by atoms with Gasteiger partial charge in [0, 0.05) is 25.4 Å². The lowest BCUT2D eigenvalue weighted by Crippen LogP contribution is -2.10. The minimum absolute atomic E-state index is 0.522. The zero-order valence-corrected chi connectivity index (χ0v) is 8.47. The lowest BCUT2D eigenvalue weighted by molar-refractivity contribution is 0.422. The molecule has 0 aliphatic rings. The second kappa shape index (κ2) is 4.65. The molecular formula is C10H12N4O. The van der Waals surface area contributed by atoms with Crippen LogP contribution in [0.2, 0.25) is 0 Å². The van der Waals surface area contributed by atoms with Crippen molar-refractivity contribution in [1.82, 2.24) is 20.4 Å². The number of hydrogen-bond acceptors (Lipinski definition) is 5. The molecule has 2 heterocycles. The highest BCUT2D eigenvalue weighted by Crippen LogP contribution is 2.14. The van der Waals surface area contributed by atoms with Gasteiger partial charge in [0.15, 0.2) is 5.82 Å². The van der Waals surface area contributed by atoms with Gasteiger partial charge in [-0.05, 0) is 19.2 Å². The molecule has 5 nitrogen and oxygen atoms in total. The number of aromatic nitrogens is 3. The van der Waals surface area contributed by atoms with Gasteiger partial charge in [-0.15, -0.1) is 0 Å². The molecule has 0 aliphatic carbocycles. The third-order valence-corrected chi connectivity index (χ3v) is 1.98. The molecule has 0 bridgehead atoms. The molecule has 15 heavy (non-hydrogen) atoms. The molecule has 78 valence electrons. The molecule has 1 N–H and O–H groups in total. The number of nitrogens with one attached hydrogen (secondary N) is 1. The van der Waals surface area contributed by atoms with Crippen LogP contribution in [-0.4, -0.2) is 28.7 Å². The van der Waals surface area contributed by atoms with Crippen LogP contribution < -0.4 is 5.32 Å². The Morgan fingerprint density at radius 2 is 2.40 bits per heavy atom.